The van der Waals surface area contributed by atoms with Crippen LogP contribution in [0.4, 0.5) is 0 Å². The number of aryl methyl sites for hydroxylation is 1. The highest BCUT2D eigenvalue weighted by atomic mass is 16.7. The molecule has 2 aliphatic rings. The predicted molar refractivity (Wildman–Crippen MR) is 62.9 cm³/mol. The average Bonchev–Trinajstić information content (AvgIpc) is 2.48. The molecule has 0 aromatic heterocycles. The van der Waals surface area contributed by atoms with Gasteiger partial charge in [-0.25, -0.2) is 0 Å². The lowest BCUT2D eigenvalue weighted by Gasteiger charge is -2.26. The maximum atomic E-state index is 6.12. The van der Waals surface area contributed by atoms with Crippen molar-refractivity contribution in [3.8, 4) is 11.5 Å². The van der Waals surface area contributed by atoms with Gasteiger partial charge in [-0.15, -0.1) is 0 Å². The standard InChI is InChI=1S/C14H18O2/c1-11-7-6-8-12-13(11)16-14(15-12)9-4-2-3-5-10-14/h6-8H,2-5,9-10H2,1H3. The molecule has 1 fully saturated rings. The fraction of sp³-hybridized carbons (Fsp3) is 0.571. The highest BCUT2D eigenvalue weighted by molar-refractivity contribution is 5.48. The van der Waals surface area contributed by atoms with E-state index in [1.54, 1.807) is 0 Å². The van der Waals surface area contributed by atoms with E-state index in [1.165, 1.54) is 31.2 Å². The van der Waals surface area contributed by atoms with Gasteiger partial charge in [0.2, 0.25) is 0 Å². The Morgan fingerprint density at radius 2 is 1.75 bits per heavy atom. The van der Waals surface area contributed by atoms with Gasteiger partial charge < -0.3 is 9.47 Å². The van der Waals surface area contributed by atoms with Crippen molar-refractivity contribution in [3.05, 3.63) is 23.8 Å². The quantitative estimate of drug-likeness (QED) is 0.659. The average molecular weight is 218 g/mol. The molecule has 2 heteroatoms. The van der Waals surface area contributed by atoms with Gasteiger partial charge in [-0.2, -0.15) is 0 Å². The number of para-hydroxylation sites is 1. The second-order valence-electron chi connectivity index (χ2n) is 4.93. The van der Waals surface area contributed by atoms with Crippen molar-refractivity contribution in [1.82, 2.24) is 0 Å². The van der Waals surface area contributed by atoms with Crippen molar-refractivity contribution in [2.45, 2.75) is 51.2 Å². The van der Waals surface area contributed by atoms with Gasteiger partial charge in [0.1, 0.15) is 0 Å². The second-order valence-corrected chi connectivity index (χ2v) is 4.93. The maximum Gasteiger partial charge on any atom is 0.251 e. The zero-order valence-corrected chi connectivity index (χ0v) is 9.79. The Bertz CT molecular complexity index is 390. The molecule has 0 bridgehead atoms. The van der Waals surface area contributed by atoms with E-state index in [-0.39, 0.29) is 5.79 Å². The number of ether oxygens (including phenoxy) is 2. The lowest BCUT2D eigenvalue weighted by Crippen LogP contribution is -2.37. The Kier molecular flexibility index (Phi) is 2.31. The van der Waals surface area contributed by atoms with Crippen molar-refractivity contribution < 1.29 is 9.47 Å². The third-order valence-electron chi connectivity index (χ3n) is 3.63. The number of benzene rings is 1. The summed E-state index contributed by atoms with van der Waals surface area (Å²) in [6, 6.07) is 6.13. The van der Waals surface area contributed by atoms with Gasteiger partial charge in [0, 0.05) is 12.8 Å². The first-order valence-corrected chi connectivity index (χ1v) is 6.27. The first-order chi connectivity index (χ1) is 7.79. The van der Waals surface area contributed by atoms with Gasteiger partial charge >= 0.3 is 0 Å². The minimum atomic E-state index is -0.342. The molecule has 16 heavy (non-hydrogen) atoms. The summed E-state index contributed by atoms with van der Waals surface area (Å²) in [4.78, 5) is 0. The summed E-state index contributed by atoms with van der Waals surface area (Å²) in [5.74, 6) is 1.55. The van der Waals surface area contributed by atoms with Crippen LogP contribution in [0.1, 0.15) is 44.1 Å². The summed E-state index contributed by atoms with van der Waals surface area (Å²) < 4.78 is 12.2. The van der Waals surface area contributed by atoms with E-state index in [0.717, 1.165) is 24.3 Å². The molecule has 3 rings (SSSR count). The fourth-order valence-electron chi connectivity index (χ4n) is 2.72. The fourth-order valence-corrected chi connectivity index (χ4v) is 2.72. The molecule has 1 aromatic carbocycles. The SMILES string of the molecule is Cc1cccc2c1OC1(CCCCCC1)O2. The highest BCUT2D eigenvalue weighted by Crippen LogP contribution is 2.46. The zero-order valence-electron chi connectivity index (χ0n) is 9.79. The molecular weight excluding hydrogens is 200 g/mol. The van der Waals surface area contributed by atoms with Gasteiger partial charge in [0.05, 0.1) is 0 Å². The Morgan fingerprint density at radius 1 is 1.00 bits per heavy atom. The molecule has 1 aromatic rings. The summed E-state index contributed by atoms with van der Waals surface area (Å²) in [5, 5.41) is 0. The Balaban J connectivity index is 1.90. The normalized spacial score (nSPS) is 22.1. The second kappa shape index (κ2) is 3.69. The van der Waals surface area contributed by atoms with E-state index in [2.05, 4.69) is 13.0 Å². The van der Waals surface area contributed by atoms with Crippen molar-refractivity contribution in [2.75, 3.05) is 0 Å². The molecule has 0 atom stereocenters. The largest absolute Gasteiger partial charge is 0.448 e. The van der Waals surface area contributed by atoms with Crippen LogP contribution in [-0.2, 0) is 0 Å². The van der Waals surface area contributed by atoms with E-state index in [0.29, 0.717) is 0 Å². The number of hydrogen-bond acceptors (Lipinski definition) is 2. The van der Waals surface area contributed by atoms with Crippen LogP contribution in [0.2, 0.25) is 0 Å². The summed E-state index contributed by atoms with van der Waals surface area (Å²) in [5.41, 5.74) is 1.18. The summed E-state index contributed by atoms with van der Waals surface area (Å²) in [6.07, 6.45) is 7.11. The summed E-state index contributed by atoms with van der Waals surface area (Å²) in [7, 11) is 0. The van der Waals surface area contributed by atoms with Crippen molar-refractivity contribution in [1.29, 1.82) is 0 Å². The van der Waals surface area contributed by atoms with Crippen molar-refractivity contribution >= 4 is 0 Å². The van der Waals surface area contributed by atoms with Gasteiger partial charge in [0.25, 0.3) is 5.79 Å². The predicted octanol–water partition coefficient (Wildman–Crippen LogP) is 3.82. The number of fused-ring (bicyclic) bond motifs is 1. The van der Waals surface area contributed by atoms with E-state index in [4.69, 9.17) is 9.47 Å². The van der Waals surface area contributed by atoms with Crippen LogP contribution in [-0.4, -0.2) is 5.79 Å². The maximum absolute atomic E-state index is 6.12. The molecule has 86 valence electrons. The van der Waals surface area contributed by atoms with Crippen LogP contribution in [0.3, 0.4) is 0 Å². The van der Waals surface area contributed by atoms with E-state index in [9.17, 15) is 0 Å². The lowest BCUT2D eigenvalue weighted by atomic mass is 10.1. The number of hydrogen-bond donors (Lipinski definition) is 0. The molecule has 2 nitrogen and oxygen atoms in total. The van der Waals surface area contributed by atoms with Crippen LogP contribution >= 0.6 is 0 Å². The summed E-state index contributed by atoms with van der Waals surface area (Å²) >= 11 is 0. The number of rotatable bonds is 0. The molecule has 0 unspecified atom stereocenters. The van der Waals surface area contributed by atoms with E-state index in [1.807, 2.05) is 12.1 Å². The molecule has 1 saturated carbocycles. The van der Waals surface area contributed by atoms with Crippen LogP contribution in [0.5, 0.6) is 11.5 Å². The third kappa shape index (κ3) is 1.57. The van der Waals surface area contributed by atoms with Crippen LogP contribution < -0.4 is 9.47 Å². The Morgan fingerprint density at radius 3 is 2.44 bits per heavy atom. The Labute approximate surface area is 96.6 Å². The smallest absolute Gasteiger partial charge is 0.251 e. The first kappa shape index (κ1) is 10.0. The van der Waals surface area contributed by atoms with Gasteiger partial charge in [-0.3, -0.25) is 0 Å². The topological polar surface area (TPSA) is 18.5 Å². The molecule has 1 aliphatic carbocycles. The summed E-state index contributed by atoms with van der Waals surface area (Å²) in [6.45, 7) is 2.08. The first-order valence-electron chi connectivity index (χ1n) is 6.27. The lowest BCUT2D eigenvalue weighted by molar-refractivity contribution is -0.0902. The molecule has 0 saturated heterocycles. The van der Waals surface area contributed by atoms with Crippen LogP contribution in [0.25, 0.3) is 0 Å². The molecular formula is C14H18O2. The Hall–Kier alpha value is -1.18. The van der Waals surface area contributed by atoms with Gasteiger partial charge in [0.15, 0.2) is 11.5 Å². The third-order valence-corrected chi connectivity index (χ3v) is 3.63. The van der Waals surface area contributed by atoms with Crippen molar-refractivity contribution in [3.63, 3.8) is 0 Å². The molecule has 0 N–H and O–H groups in total. The van der Waals surface area contributed by atoms with E-state index >= 15 is 0 Å². The minimum absolute atomic E-state index is 0.342. The molecule has 1 heterocycles. The zero-order chi connectivity index (χ0) is 11.0. The minimum Gasteiger partial charge on any atom is -0.448 e. The molecule has 1 aliphatic heterocycles. The van der Waals surface area contributed by atoms with Crippen molar-refractivity contribution in [2.24, 2.45) is 0 Å². The van der Waals surface area contributed by atoms with Crippen LogP contribution in [0.15, 0.2) is 18.2 Å². The molecule has 0 amide bonds. The van der Waals surface area contributed by atoms with Crippen LogP contribution in [0, 0.1) is 6.92 Å². The molecule has 0 radical (unpaired) electrons. The molecule has 1 spiro atoms. The highest BCUT2D eigenvalue weighted by Gasteiger charge is 2.41. The van der Waals surface area contributed by atoms with Gasteiger partial charge in [-0.05, 0) is 31.4 Å². The van der Waals surface area contributed by atoms with Gasteiger partial charge in [-0.1, -0.05) is 25.0 Å². The van der Waals surface area contributed by atoms with E-state index < -0.39 is 0 Å². The monoisotopic (exact) mass is 218 g/mol.